The Bertz CT molecular complexity index is 1470. The van der Waals surface area contributed by atoms with Crippen molar-refractivity contribution in [2.75, 3.05) is 6.61 Å². The van der Waals surface area contributed by atoms with Crippen molar-refractivity contribution in [2.45, 2.75) is 25.7 Å². The van der Waals surface area contributed by atoms with Crippen LogP contribution >= 0.6 is 0 Å². The summed E-state index contributed by atoms with van der Waals surface area (Å²) < 4.78 is 9.40. The van der Waals surface area contributed by atoms with Crippen molar-refractivity contribution in [3.8, 4) is 0 Å². The Balaban J connectivity index is 0.000000232. The van der Waals surface area contributed by atoms with E-state index in [2.05, 4.69) is 94.8 Å². The molecular formula is C30H29N6O4Se3. The van der Waals surface area contributed by atoms with Gasteiger partial charge in [0.25, 0.3) is 6.47 Å². The Morgan fingerprint density at radius 1 is 0.744 bits per heavy atom. The summed E-state index contributed by atoms with van der Waals surface area (Å²) in [5.74, 6) is 3.93. The second kappa shape index (κ2) is 19.5. The van der Waals surface area contributed by atoms with Gasteiger partial charge < -0.3 is 9.84 Å². The van der Waals surface area contributed by atoms with Crippen molar-refractivity contribution < 1.29 is 19.4 Å². The number of ether oxygens (including phenoxy) is 1. The van der Waals surface area contributed by atoms with Gasteiger partial charge in [-0.15, -0.1) is 0 Å². The number of rotatable bonds is 11. The van der Waals surface area contributed by atoms with Crippen LogP contribution in [0.5, 0.6) is 0 Å². The van der Waals surface area contributed by atoms with Gasteiger partial charge in [0.15, 0.2) is 6.61 Å². The molecule has 2 aromatic heterocycles. The average Bonchev–Trinajstić information content (AvgIpc) is 3.67. The minimum absolute atomic E-state index is 0.0914. The molecule has 0 fully saturated rings. The van der Waals surface area contributed by atoms with Crippen LogP contribution < -0.4 is 5.84 Å². The zero-order chi connectivity index (χ0) is 30.7. The Morgan fingerprint density at radius 3 is 1.49 bits per heavy atom. The molecule has 2 heterocycles. The van der Waals surface area contributed by atoms with Crippen LogP contribution in [0.2, 0.25) is 0 Å². The number of hydrazone groups is 1. The molecule has 43 heavy (non-hydrogen) atoms. The van der Waals surface area contributed by atoms with E-state index in [1.807, 2.05) is 42.5 Å². The SMILES string of the molecule is NN=C([Se])Cc1ccccc1.O=COCC(=O)O.c1ccc(Cc2nnc(Cc3nnc(Cc4ccccc4)[se]3)[se]2)cc1. The molecule has 0 aliphatic carbocycles. The number of nitrogens with zero attached hydrogens (tertiary/aromatic N) is 5. The van der Waals surface area contributed by atoms with Gasteiger partial charge in [0, 0.05) is 0 Å². The van der Waals surface area contributed by atoms with Gasteiger partial charge >= 0.3 is 239 Å². The third kappa shape index (κ3) is 13.9. The number of benzene rings is 3. The molecule has 1 radical (unpaired) electrons. The Morgan fingerprint density at radius 2 is 1.14 bits per heavy atom. The molecule has 0 bridgehead atoms. The van der Waals surface area contributed by atoms with Crippen molar-refractivity contribution in [1.29, 1.82) is 0 Å². The first-order chi connectivity index (χ1) is 20.9. The molecule has 0 atom stereocenters. The fraction of sp³-hybridized carbons (Fsp3) is 0.167. The van der Waals surface area contributed by atoms with E-state index in [9.17, 15) is 9.59 Å². The van der Waals surface area contributed by atoms with Crippen LogP contribution in [0, 0.1) is 0 Å². The molecule has 0 amide bonds. The molecule has 3 aromatic carbocycles. The molecule has 0 unspecified atom stereocenters. The number of hydrogen-bond donors (Lipinski definition) is 2. The topological polar surface area (TPSA) is 154 Å². The first kappa shape index (κ1) is 33.8. The molecule has 10 nitrogen and oxygen atoms in total. The van der Waals surface area contributed by atoms with Gasteiger partial charge in [0.2, 0.25) is 0 Å². The summed E-state index contributed by atoms with van der Waals surface area (Å²) in [7, 11) is 0. The summed E-state index contributed by atoms with van der Waals surface area (Å²) in [6, 6.07) is 31.0. The molecule has 13 heteroatoms. The van der Waals surface area contributed by atoms with Crippen molar-refractivity contribution in [1.82, 2.24) is 20.4 Å². The zero-order valence-corrected chi connectivity index (χ0v) is 28.1. The second-order valence-electron chi connectivity index (χ2n) is 8.67. The second-order valence-corrected chi connectivity index (χ2v) is 14.5. The summed E-state index contributed by atoms with van der Waals surface area (Å²) in [4.78, 5) is 18.7. The van der Waals surface area contributed by atoms with Crippen molar-refractivity contribution in [3.05, 3.63) is 126 Å². The summed E-state index contributed by atoms with van der Waals surface area (Å²) in [6.45, 7) is -0.461. The molecule has 0 saturated heterocycles. The molecule has 5 aromatic rings. The summed E-state index contributed by atoms with van der Waals surface area (Å²) in [6.07, 6.45) is 3.43. The van der Waals surface area contributed by atoms with Crippen LogP contribution in [-0.2, 0) is 40.0 Å². The maximum absolute atomic E-state index is 9.47. The van der Waals surface area contributed by atoms with Gasteiger partial charge in [-0.05, 0) is 0 Å². The number of aliphatic carboxylic acids is 1. The van der Waals surface area contributed by atoms with Crippen molar-refractivity contribution in [2.24, 2.45) is 10.9 Å². The number of carbonyl (C=O) groups is 2. The quantitative estimate of drug-likeness (QED) is 0.0676. The van der Waals surface area contributed by atoms with E-state index < -0.39 is 12.6 Å². The first-order valence-electron chi connectivity index (χ1n) is 12.9. The molecule has 0 saturated carbocycles. The van der Waals surface area contributed by atoms with Crippen LogP contribution in [0.3, 0.4) is 0 Å². The Kier molecular flexibility index (Phi) is 15.3. The molecule has 221 valence electrons. The first-order valence-corrected chi connectivity index (χ1v) is 17.2. The molecule has 0 spiro atoms. The third-order valence-electron chi connectivity index (χ3n) is 5.33. The van der Waals surface area contributed by atoms with E-state index in [0.29, 0.717) is 0 Å². The number of aromatic nitrogens is 4. The Labute approximate surface area is 269 Å². The van der Waals surface area contributed by atoms with E-state index >= 15 is 0 Å². The molecule has 5 rings (SSSR count). The van der Waals surface area contributed by atoms with Crippen LogP contribution in [0.4, 0.5) is 0 Å². The molecule has 0 aliphatic rings. The normalized spacial score (nSPS) is 10.5. The molecule has 3 N–H and O–H groups in total. The van der Waals surface area contributed by atoms with E-state index in [0.717, 1.165) is 30.3 Å². The van der Waals surface area contributed by atoms with Crippen LogP contribution in [0.25, 0.3) is 0 Å². The fourth-order valence-electron chi connectivity index (χ4n) is 3.45. The number of carboxylic acids is 1. The average molecular weight is 774 g/mol. The van der Waals surface area contributed by atoms with Crippen molar-refractivity contribution in [3.63, 3.8) is 0 Å². The van der Waals surface area contributed by atoms with Gasteiger partial charge in [-0.1, -0.05) is 0 Å². The number of carboxylic acid groups (broad SMARTS) is 1. The van der Waals surface area contributed by atoms with Crippen LogP contribution in [0.15, 0.2) is 96.1 Å². The minimum atomic E-state index is -1.15. The summed E-state index contributed by atoms with van der Waals surface area (Å²) in [5, 5.41) is 28.9. The Hall–Kier alpha value is -3.69. The van der Waals surface area contributed by atoms with Crippen molar-refractivity contribution >= 4 is 62.1 Å². The predicted molar refractivity (Wildman–Crippen MR) is 166 cm³/mol. The standard InChI is InChI=1S/C19H16N4Se2.C8H9N2Se.C3H4O4/c1-3-7-14(8-4-1)11-16-20-22-18(24-16)13-19-23-21-17(25-19)12-15-9-5-2-6-10-15;9-10-8(11)6-7-4-2-1-3-5-7;4-2-7-1-3(5)6/h1-10H,11-13H2;1-5H,6,9H2;2H,1H2,(H,5,6). The molecular weight excluding hydrogens is 745 g/mol. The van der Waals surface area contributed by atoms with E-state index in [-0.39, 0.29) is 35.5 Å². The molecule has 0 aliphatic heterocycles. The summed E-state index contributed by atoms with van der Waals surface area (Å²) in [5.41, 5.74) is 3.82. The van der Waals surface area contributed by atoms with Crippen LogP contribution in [-0.4, -0.2) is 94.2 Å². The summed E-state index contributed by atoms with van der Waals surface area (Å²) >= 11 is 3.29. The monoisotopic (exact) mass is 777 g/mol. The number of hydrogen-bond acceptors (Lipinski definition) is 9. The van der Waals surface area contributed by atoms with E-state index in [1.54, 1.807) is 0 Å². The van der Waals surface area contributed by atoms with Gasteiger partial charge in [-0.2, -0.15) is 0 Å². The number of carbonyl (C=O) groups excluding carboxylic acids is 1. The van der Waals surface area contributed by atoms with Gasteiger partial charge in [-0.3, -0.25) is 4.79 Å². The van der Waals surface area contributed by atoms with Gasteiger partial charge in [0.05, 0.1) is 0 Å². The van der Waals surface area contributed by atoms with E-state index in [1.165, 1.54) is 35.0 Å². The predicted octanol–water partition coefficient (Wildman–Crippen LogP) is 2.07. The van der Waals surface area contributed by atoms with Gasteiger partial charge in [0.1, 0.15) is 0 Å². The van der Waals surface area contributed by atoms with E-state index in [4.69, 9.17) is 10.9 Å². The maximum atomic E-state index is 9.47. The van der Waals surface area contributed by atoms with Crippen LogP contribution in [0.1, 0.15) is 35.0 Å². The third-order valence-corrected chi connectivity index (χ3v) is 9.73. The zero-order valence-electron chi connectivity index (χ0n) is 23.0. The fourth-order valence-corrected chi connectivity index (χ4v) is 7.97. The number of nitrogens with two attached hydrogens (primary N) is 1. The van der Waals surface area contributed by atoms with Gasteiger partial charge in [-0.25, -0.2) is 4.79 Å².